The van der Waals surface area contributed by atoms with E-state index in [1.54, 1.807) is 33.4 Å². The monoisotopic (exact) mass is 858 g/mol. The standard InChI is InChI=1S/C52H76Br2/c1-9-17-21-37(13-5)32-51(33-38(14-6)22-18-10-2)36-47-44-28-27-43(54)31-48(44)52(34-39(15-7)23-19-11-3,35-40(16-8)24-20-12-4)50(47)46-29-41-25-26-42(53)30-45(41)49(46)51/h25-31,36-40H,9-24,32-35H2,1-8H3. The summed E-state index contributed by atoms with van der Waals surface area (Å²) in [7, 11) is 0. The van der Waals surface area contributed by atoms with Gasteiger partial charge < -0.3 is 0 Å². The lowest BCUT2D eigenvalue weighted by molar-refractivity contribution is 0.250. The molecule has 0 fully saturated rings. The lowest BCUT2D eigenvalue weighted by Gasteiger charge is -2.46. The molecule has 0 radical (unpaired) electrons. The Morgan fingerprint density at radius 1 is 0.537 bits per heavy atom. The van der Waals surface area contributed by atoms with Crippen molar-refractivity contribution in [1.29, 1.82) is 0 Å². The Morgan fingerprint density at radius 2 is 1.00 bits per heavy atom. The van der Waals surface area contributed by atoms with E-state index in [0.29, 0.717) is 0 Å². The number of allylic oxidation sites excluding steroid dienone is 4. The average molecular weight is 861 g/mol. The summed E-state index contributed by atoms with van der Waals surface area (Å²) in [5, 5.41) is 2.96. The van der Waals surface area contributed by atoms with Gasteiger partial charge in [0.05, 0.1) is 0 Å². The molecule has 4 atom stereocenters. The van der Waals surface area contributed by atoms with Crippen molar-refractivity contribution in [2.45, 2.75) is 189 Å². The van der Waals surface area contributed by atoms with Crippen molar-refractivity contribution in [2.75, 3.05) is 0 Å². The van der Waals surface area contributed by atoms with Crippen molar-refractivity contribution in [3.63, 3.8) is 0 Å². The predicted octanol–water partition coefficient (Wildman–Crippen LogP) is 16.2. The van der Waals surface area contributed by atoms with Gasteiger partial charge in [0.25, 0.3) is 0 Å². The van der Waals surface area contributed by atoms with Crippen LogP contribution in [0.15, 0.2) is 62.6 Å². The number of unbranched alkanes of at least 4 members (excludes halogenated alkanes) is 4. The Morgan fingerprint density at radius 3 is 1.48 bits per heavy atom. The van der Waals surface area contributed by atoms with Gasteiger partial charge in [-0.1, -0.05) is 208 Å². The Bertz CT molecular complexity index is 1680. The van der Waals surface area contributed by atoms with Crippen molar-refractivity contribution in [3.8, 4) is 0 Å². The number of rotatable bonds is 24. The third-order valence-corrected chi connectivity index (χ3v) is 15.3. The molecule has 0 aromatic heterocycles. The Hall–Kier alpha value is -1.38. The summed E-state index contributed by atoms with van der Waals surface area (Å²) in [6, 6.07) is 14.7. The van der Waals surface area contributed by atoms with Crippen LogP contribution in [0.3, 0.4) is 0 Å². The molecule has 4 unspecified atom stereocenters. The van der Waals surface area contributed by atoms with E-state index in [4.69, 9.17) is 0 Å². The van der Waals surface area contributed by atoms with E-state index in [9.17, 15) is 0 Å². The fraction of sp³-hybridized carbons (Fsp3) is 0.654. The zero-order valence-electron chi connectivity index (χ0n) is 35.8. The first-order valence-electron chi connectivity index (χ1n) is 23.0. The van der Waals surface area contributed by atoms with Gasteiger partial charge in [-0.2, -0.15) is 0 Å². The predicted molar refractivity (Wildman–Crippen MR) is 246 cm³/mol. The first-order valence-corrected chi connectivity index (χ1v) is 24.6. The minimum Gasteiger partial charge on any atom is -0.0656 e. The smallest absolute Gasteiger partial charge is 0.0226 e. The van der Waals surface area contributed by atoms with E-state index in [1.807, 2.05) is 0 Å². The third-order valence-electron chi connectivity index (χ3n) is 14.3. The van der Waals surface area contributed by atoms with Crippen LogP contribution in [0.4, 0.5) is 0 Å². The number of hydrogen-bond acceptors (Lipinski definition) is 0. The molecule has 5 rings (SSSR count). The normalized spacial score (nSPS) is 22.3. The highest BCUT2D eigenvalue weighted by molar-refractivity contribution is 9.10. The molecule has 3 aliphatic rings. The molecule has 0 bridgehead atoms. The summed E-state index contributed by atoms with van der Waals surface area (Å²) in [5.41, 5.74) is 9.85. The highest BCUT2D eigenvalue weighted by Crippen LogP contribution is 2.65. The van der Waals surface area contributed by atoms with Crippen molar-refractivity contribution >= 4 is 49.1 Å². The summed E-state index contributed by atoms with van der Waals surface area (Å²) in [6.45, 7) is 19.4. The minimum atomic E-state index is 0.00897. The van der Waals surface area contributed by atoms with E-state index in [1.165, 1.54) is 148 Å². The second kappa shape index (κ2) is 20.4. The van der Waals surface area contributed by atoms with Gasteiger partial charge >= 0.3 is 0 Å². The molecular weight excluding hydrogens is 784 g/mol. The first kappa shape index (κ1) is 43.7. The summed E-state index contributed by atoms with van der Waals surface area (Å²) in [6.07, 6.45) is 31.6. The quantitative estimate of drug-likeness (QED) is 0.0986. The van der Waals surface area contributed by atoms with Crippen LogP contribution in [0.2, 0.25) is 0 Å². The molecule has 0 N–H and O–H groups in total. The number of benzene rings is 2. The van der Waals surface area contributed by atoms with Crippen LogP contribution < -0.4 is 10.4 Å². The van der Waals surface area contributed by atoms with Crippen LogP contribution in [0, 0.1) is 29.1 Å². The largest absolute Gasteiger partial charge is 0.0656 e. The average Bonchev–Trinajstić information content (AvgIpc) is 3.68. The molecule has 0 spiro atoms. The molecule has 2 aromatic rings. The summed E-state index contributed by atoms with van der Waals surface area (Å²) < 4.78 is 2.46. The Labute approximate surface area is 349 Å². The van der Waals surface area contributed by atoms with Gasteiger partial charge in [-0.3, -0.25) is 0 Å². The summed E-state index contributed by atoms with van der Waals surface area (Å²) in [4.78, 5) is 0. The van der Waals surface area contributed by atoms with E-state index >= 15 is 0 Å². The van der Waals surface area contributed by atoms with Gasteiger partial charge in [0.2, 0.25) is 0 Å². The topological polar surface area (TPSA) is 0 Å². The second-order valence-electron chi connectivity index (χ2n) is 18.0. The fourth-order valence-electron chi connectivity index (χ4n) is 11.3. The third kappa shape index (κ3) is 9.32. The van der Waals surface area contributed by atoms with Crippen LogP contribution in [0.25, 0.3) is 17.2 Å². The van der Waals surface area contributed by atoms with Crippen molar-refractivity contribution < 1.29 is 0 Å². The Kier molecular flexibility index (Phi) is 16.5. The minimum absolute atomic E-state index is 0.00897. The van der Waals surface area contributed by atoms with Crippen LogP contribution in [0.5, 0.6) is 0 Å². The zero-order valence-corrected chi connectivity index (χ0v) is 39.0. The summed E-state index contributed by atoms with van der Waals surface area (Å²) in [5.74, 6) is 2.89. The van der Waals surface area contributed by atoms with E-state index < -0.39 is 0 Å². The van der Waals surface area contributed by atoms with Gasteiger partial charge in [0.15, 0.2) is 0 Å². The maximum atomic E-state index is 4.05. The van der Waals surface area contributed by atoms with Crippen LogP contribution >= 0.6 is 31.9 Å². The Balaban J connectivity index is 1.90. The maximum absolute atomic E-state index is 4.05. The number of halogens is 2. The highest BCUT2D eigenvalue weighted by Gasteiger charge is 2.53. The van der Waals surface area contributed by atoms with E-state index in [0.717, 1.165) is 23.7 Å². The van der Waals surface area contributed by atoms with Crippen LogP contribution in [-0.4, -0.2) is 0 Å². The number of fused-ring (bicyclic) bond motifs is 5. The van der Waals surface area contributed by atoms with Gasteiger partial charge in [0.1, 0.15) is 0 Å². The first-order chi connectivity index (χ1) is 26.2. The van der Waals surface area contributed by atoms with E-state index in [-0.39, 0.29) is 10.8 Å². The second-order valence-corrected chi connectivity index (χ2v) is 19.8. The molecule has 0 heterocycles. The van der Waals surface area contributed by atoms with Gasteiger partial charge in [-0.15, -0.1) is 0 Å². The maximum Gasteiger partial charge on any atom is 0.0226 e. The molecular formula is C52H76Br2. The highest BCUT2D eigenvalue weighted by atomic mass is 79.9. The molecule has 2 heteroatoms. The lowest BCUT2D eigenvalue weighted by atomic mass is 9.57. The lowest BCUT2D eigenvalue weighted by Crippen LogP contribution is -2.37. The molecule has 2 aromatic carbocycles. The molecule has 298 valence electrons. The van der Waals surface area contributed by atoms with Gasteiger partial charge in [-0.05, 0) is 124 Å². The fourth-order valence-corrected chi connectivity index (χ4v) is 12.0. The zero-order chi connectivity index (χ0) is 38.9. The van der Waals surface area contributed by atoms with Gasteiger partial charge in [0, 0.05) is 19.8 Å². The van der Waals surface area contributed by atoms with Crippen molar-refractivity contribution in [1.82, 2.24) is 0 Å². The SMILES string of the molecule is CCCCC(CC)CC1(CC(CC)CCCC)C=C2C(=C3C=c4ccc(Br)cc4=C31)C(CC(CC)CCCC)(CC(CC)CCCC)c1cc(Br)ccc12. The van der Waals surface area contributed by atoms with Crippen molar-refractivity contribution in [3.05, 3.63) is 84.1 Å². The van der Waals surface area contributed by atoms with Gasteiger partial charge in [-0.25, -0.2) is 0 Å². The molecule has 54 heavy (non-hydrogen) atoms. The summed E-state index contributed by atoms with van der Waals surface area (Å²) >= 11 is 8.05. The molecule has 3 aliphatic carbocycles. The molecule has 0 nitrogen and oxygen atoms in total. The van der Waals surface area contributed by atoms with Crippen molar-refractivity contribution in [2.24, 2.45) is 29.1 Å². The number of hydrogen-bond donors (Lipinski definition) is 0. The van der Waals surface area contributed by atoms with Crippen LogP contribution in [-0.2, 0) is 5.41 Å². The van der Waals surface area contributed by atoms with Crippen LogP contribution in [0.1, 0.15) is 195 Å². The van der Waals surface area contributed by atoms with E-state index in [2.05, 4.69) is 136 Å². The molecule has 0 aliphatic heterocycles. The molecule has 0 amide bonds. The molecule has 0 saturated heterocycles. The molecule has 0 saturated carbocycles.